The van der Waals surface area contributed by atoms with Crippen molar-refractivity contribution in [2.45, 2.75) is 5.25 Å². The molecular weight excluding hydrogens is 576 g/mol. The van der Waals surface area contributed by atoms with E-state index in [4.69, 9.17) is 30.9 Å². The van der Waals surface area contributed by atoms with Crippen molar-refractivity contribution in [3.8, 4) is 28.4 Å². The molecule has 42 heavy (non-hydrogen) atoms. The second-order valence-corrected chi connectivity index (χ2v) is 11.6. The van der Waals surface area contributed by atoms with Crippen molar-refractivity contribution in [1.82, 2.24) is 14.7 Å². The molecule has 0 bridgehead atoms. The van der Waals surface area contributed by atoms with Crippen LogP contribution in [0, 0.1) is 0 Å². The van der Waals surface area contributed by atoms with Crippen LogP contribution in [0.4, 0.5) is 5.82 Å². The first-order valence-electron chi connectivity index (χ1n) is 13.7. The molecule has 1 atom stereocenters. The number of halogens is 1. The molecule has 9 nitrogen and oxygen atoms in total. The number of thioether (sulfide) groups is 1. The molecule has 1 unspecified atom stereocenters. The number of ether oxygens (including phenoxy) is 3. The Morgan fingerprint density at radius 1 is 0.976 bits per heavy atom. The van der Waals surface area contributed by atoms with Gasteiger partial charge in [-0.15, -0.1) is 11.8 Å². The van der Waals surface area contributed by atoms with E-state index in [0.29, 0.717) is 60.0 Å². The van der Waals surface area contributed by atoms with Crippen LogP contribution < -0.4 is 14.4 Å². The largest absolute Gasteiger partial charge is 0.454 e. The Labute approximate surface area is 251 Å². The van der Waals surface area contributed by atoms with Gasteiger partial charge in [-0.1, -0.05) is 60.1 Å². The van der Waals surface area contributed by atoms with Crippen LogP contribution in [-0.4, -0.2) is 71.9 Å². The number of benzene rings is 3. The van der Waals surface area contributed by atoms with Crippen molar-refractivity contribution in [3.63, 3.8) is 0 Å². The van der Waals surface area contributed by atoms with E-state index >= 15 is 0 Å². The smallest absolute Gasteiger partial charge is 0.242 e. The Morgan fingerprint density at radius 2 is 1.74 bits per heavy atom. The fourth-order valence-corrected chi connectivity index (χ4v) is 6.91. The summed E-state index contributed by atoms with van der Waals surface area (Å²) in [4.78, 5) is 30.9. The maximum atomic E-state index is 14.0. The maximum absolute atomic E-state index is 14.0. The van der Waals surface area contributed by atoms with Gasteiger partial charge >= 0.3 is 0 Å². The summed E-state index contributed by atoms with van der Waals surface area (Å²) < 4.78 is 18.4. The number of hydrogen-bond acceptors (Lipinski definition) is 7. The van der Waals surface area contributed by atoms with Crippen LogP contribution >= 0.6 is 23.4 Å². The molecular formula is C31H27ClN4O5S. The van der Waals surface area contributed by atoms with Gasteiger partial charge in [-0.3, -0.25) is 14.5 Å². The Hall–Kier alpha value is -3.99. The summed E-state index contributed by atoms with van der Waals surface area (Å²) in [7, 11) is 0. The number of rotatable bonds is 5. The highest BCUT2D eigenvalue weighted by Crippen LogP contribution is 2.50. The Bertz CT molecular complexity index is 1660. The normalized spacial score (nSPS) is 18.1. The first kappa shape index (κ1) is 26.9. The molecule has 3 aliphatic heterocycles. The lowest BCUT2D eigenvalue weighted by atomic mass is 9.99. The number of nitrogens with zero attached hydrogens (tertiary/aromatic N) is 4. The van der Waals surface area contributed by atoms with E-state index in [0.717, 1.165) is 16.7 Å². The first-order valence-corrected chi connectivity index (χ1v) is 15.1. The summed E-state index contributed by atoms with van der Waals surface area (Å²) in [6.07, 6.45) is 0. The van der Waals surface area contributed by atoms with Gasteiger partial charge in [0.25, 0.3) is 0 Å². The summed E-state index contributed by atoms with van der Waals surface area (Å²) in [5, 5.41) is 5.29. The summed E-state index contributed by atoms with van der Waals surface area (Å²) >= 11 is 8.24. The zero-order chi connectivity index (χ0) is 28.6. The third kappa shape index (κ3) is 4.89. The van der Waals surface area contributed by atoms with Gasteiger partial charge in [0.2, 0.25) is 18.6 Å². The quantitative estimate of drug-likeness (QED) is 0.320. The third-order valence-electron chi connectivity index (χ3n) is 7.57. The fourth-order valence-electron chi connectivity index (χ4n) is 5.51. The summed E-state index contributed by atoms with van der Waals surface area (Å²) in [6.45, 7) is 1.97. The lowest BCUT2D eigenvalue weighted by Crippen LogP contribution is -2.48. The SMILES string of the molecule is O=C(CN1C(=O)CSC(c2ccc3c(c2)OCO3)c2c(-c3ccccc3)nn(-c3ccccc3Cl)c21)N1CCOCC1. The highest BCUT2D eigenvalue weighted by atomic mass is 35.5. The van der Waals surface area contributed by atoms with E-state index in [1.165, 1.54) is 11.8 Å². The number of aromatic nitrogens is 2. The lowest BCUT2D eigenvalue weighted by Gasteiger charge is -2.30. The van der Waals surface area contributed by atoms with Crippen molar-refractivity contribution in [2.75, 3.05) is 50.3 Å². The standard InChI is InChI=1S/C31H27ClN4O5S/c32-22-8-4-5-9-23(22)36-31-28(29(33-36)20-6-2-1-3-7-20)30(21-10-11-24-25(16-21)41-19-40-24)42-18-27(38)35(31)17-26(37)34-12-14-39-15-13-34/h1-11,16,30H,12-15,17-19H2. The monoisotopic (exact) mass is 602 g/mol. The minimum Gasteiger partial charge on any atom is -0.454 e. The van der Waals surface area contributed by atoms with Crippen molar-refractivity contribution in [1.29, 1.82) is 0 Å². The van der Waals surface area contributed by atoms with Gasteiger partial charge in [-0.2, -0.15) is 5.10 Å². The molecule has 1 saturated heterocycles. The predicted molar refractivity (Wildman–Crippen MR) is 161 cm³/mol. The average Bonchev–Trinajstić information content (AvgIpc) is 3.63. The van der Waals surface area contributed by atoms with Gasteiger partial charge in [-0.25, -0.2) is 4.68 Å². The molecule has 2 amide bonds. The number of carbonyl (C=O) groups excluding carboxylic acids is 2. The summed E-state index contributed by atoms with van der Waals surface area (Å²) in [5.74, 6) is 1.71. The fraction of sp³-hybridized carbons (Fsp3) is 0.258. The van der Waals surface area contributed by atoms with E-state index in [1.807, 2.05) is 66.7 Å². The van der Waals surface area contributed by atoms with Gasteiger partial charge in [0, 0.05) is 24.2 Å². The van der Waals surface area contributed by atoms with Crippen LogP contribution in [0.1, 0.15) is 16.4 Å². The van der Waals surface area contributed by atoms with Crippen LogP contribution in [0.2, 0.25) is 5.02 Å². The van der Waals surface area contributed by atoms with Gasteiger partial charge in [-0.05, 0) is 29.8 Å². The molecule has 4 aromatic rings. The Morgan fingerprint density at radius 3 is 2.55 bits per heavy atom. The van der Waals surface area contributed by atoms with Crippen LogP contribution in [0.25, 0.3) is 16.9 Å². The van der Waals surface area contributed by atoms with Crippen LogP contribution in [0.5, 0.6) is 11.5 Å². The molecule has 0 aliphatic carbocycles. The molecule has 0 radical (unpaired) electrons. The van der Waals surface area contributed by atoms with E-state index in [9.17, 15) is 9.59 Å². The van der Waals surface area contributed by atoms with Gasteiger partial charge in [0.1, 0.15) is 12.4 Å². The average molecular weight is 603 g/mol. The minimum atomic E-state index is -0.298. The van der Waals surface area contributed by atoms with Gasteiger partial charge < -0.3 is 19.1 Å². The van der Waals surface area contributed by atoms with Gasteiger partial charge in [0.05, 0.1) is 40.6 Å². The maximum Gasteiger partial charge on any atom is 0.242 e. The van der Waals surface area contributed by atoms with E-state index in [-0.39, 0.29) is 36.2 Å². The molecule has 214 valence electrons. The number of para-hydroxylation sites is 1. The van der Waals surface area contributed by atoms with E-state index in [1.54, 1.807) is 20.5 Å². The predicted octanol–water partition coefficient (Wildman–Crippen LogP) is 4.95. The number of fused-ring (bicyclic) bond motifs is 2. The first-order chi connectivity index (χ1) is 20.6. The Balaban J connectivity index is 1.45. The van der Waals surface area contributed by atoms with Gasteiger partial charge in [0.15, 0.2) is 11.5 Å². The molecule has 4 heterocycles. The molecule has 1 fully saturated rings. The van der Waals surface area contributed by atoms with Crippen molar-refractivity contribution >= 4 is 41.0 Å². The molecule has 0 spiro atoms. The Kier molecular flexibility index (Phi) is 7.27. The van der Waals surface area contributed by atoms with Crippen molar-refractivity contribution in [3.05, 3.63) is 88.9 Å². The zero-order valence-corrected chi connectivity index (χ0v) is 24.1. The highest BCUT2D eigenvalue weighted by molar-refractivity contribution is 8.00. The van der Waals surface area contributed by atoms with E-state index < -0.39 is 0 Å². The van der Waals surface area contributed by atoms with E-state index in [2.05, 4.69) is 0 Å². The molecule has 0 N–H and O–H groups in total. The topological polar surface area (TPSA) is 86.1 Å². The van der Waals surface area contributed by atoms with Crippen molar-refractivity contribution in [2.24, 2.45) is 0 Å². The molecule has 3 aliphatic rings. The molecule has 11 heteroatoms. The third-order valence-corrected chi connectivity index (χ3v) is 9.15. The molecule has 1 aromatic heterocycles. The minimum absolute atomic E-state index is 0.120. The second-order valence-electron chi connectivity index (χ2n) is 10.1. The second kappa shape index (κ2) is 11.4. The summed E-state index contributed by atoms with van der Waals surface area (Å²) in [5.41, 5.74) is 3.98. The lowest BCUT2D eigenvalue weighted by molar-refractivity contribution is -0.134. The summed E-state index contributed by atoms with van der Waals surface area (Å²) in [6, 6.07) is 23.1. The highest BCUT2D eigenvalue weighted by Gasteiger charge is 2.39. The molecule has 3 aromatic carbocycles. The van der Waals surface area contributed by atoms with Crippen molar-refractivity contribution < 1.29 is 23.8 Å². The van der Waals surface area contributed by atoms with Crippen LogP contribution in [0.15, 0.2) is 72.8 Å². The number of carbonyl (C=O) groups is 2. The number of anilines is 1. The molecule has 7 rings (SSSR count). The number of morpholine rings is 1. The molecule has 0 saturated carbocycles. The van der Waals surface area contributed by atoms with Crippen LogP contribution in [0.3, 0.4) is 0 Å². The number of amides is 2. The zero-order valence-electron chi connectivity index (χ0n) is 22.6. The number of hydrogen-bond donors (Lipinski definition) is 0. The van der Waals surface area contributed by atoms with Crippen LogP contribution in [-0.2, 0) is 14.3 Å².